The van der Waals surface area contributed by atoms with Crippen LogP contribution in [0.15, 0.2) is 36.4 Å². The lowest BCUT2D eigenvalue weighted by atomic mass is 9.84. The average molecular weight is 457 g/mol. The van der Waals surface area contributed by atoms with Crippen LogP contribution >= 0.6 is 0 Å². The summed E-state index contributed by atoms with van der Waals surface area (Å²) in [5, 5.41) is 5.55. The van der Waals surface area contributed by atoms with Gasteiger partial charge in [0.15, 0.2) is 23.0 Å². The van der Waals surface area contributed by atoms with Crippen molar-refractivity contribution < 1.29 is 28.5 Å². The van der Waals surface area contributed by atoms with Crippen LogP contribution in [0.3, 0.4) is 0 Å². The van der Waals surface area contributed by atoms with Crippen molar-refractivity contribution in [1.29, 1.82) is 0 Å². The lowest BCUT2D eigenvalue weighted by molar-refractivity contribution is -0.120. The van der Waals surface area contributed by atoms with E-state index in [1.807, 2.05) is 45.9 Å². The monoisotopic (exact) mass is 456 g/mol. The highest BCUT2D eigenvalue weighted by molar-refractivity contribution is 5.97. The van der Waals surface area contributed by atoms with E-state index in [9.17, 15) is 9.59 Å². The molecule has 0 spiro atoms. The summed E-state index contributed by atoms with van der Waals surface area (Å²) in [6.45, 7) is 10.1. The minimum atomic E-state index is -0.361. The summed E-state index contributed by atoms with van der Waals surface area (Å²) in [6, 6.07) is 10.8. The highest BCUT2D eigenvalue weighted by Crippen LogP contribution is 2.35. The Hall–Kier alpha value is -3.42. The lowest BCUT2D eigenvalue weighted by Crippen LogP contribution is -2.42. The number of nitrogens with one attached hydrogen (secondary N) is 2. The van der Waals surface area contributed by atoms with Gasteiger partial charge in [-0.3, -0.25) is 9.59 Å². The zero-order valence-electron chi connectivity index (χ0n) is 19.7. The molecule has 2 N–H and O–H groups in total. The Balaban J connectivity index is 1.53. The van der Waals surface area contributed by atoms with E-state index < -0.39 is 0 Å². The highest BCUT2D eigenvalue weighted by atomic mass is 16.6. The molecule has 0 saturated carbocycles. The summed E-state index contributed by atoms with van der Waals surface area (Å²) in [6.07, 6.45) is 0. The van der Waals surface area contributed by atoms with E-state index in [1.54, 1.807) is 18.2 Å². The number of fused-ring (bicyclic) bond motifs is 1. The first-order chi connectivity index (χ1) is 15.8. The Morgan fingerprint density at radius 2 is 1.61 bits per heavy atom. The molecule has 1 heterocycles. The van der Waals surface area contributed by atoms with Crippen molar-refractivity contribution in [3.8, 4) is 23.0 Å². The maximum Gasteiger partial charge on any atom is 0.251 e. The van der Waals surface area contributed by atoms with Crippen LogP contribution in [0.5, 0.6) is 23.0 Å². The maximum atomic E-state index is 12.5. The Bertz CT molecular complexity index is 989. The smallest absolute Gasteiger partial charge is 0.251 e. The van der Waals surface area contributed by atoms with Crippen molar-refractivity contribution in [2.45, 2.75) is 33.1 Å². The van der Waals surface area contributed by atoms with Gasteiger partial charge in [0.2, 0.25) is 5.91 Å². The molecule has 8 heteroatoms. The highest BCUT2D eigenvalue weighted by Gasteiger charge is 2.24. The molecular weight excluding hydrogens is 424 g/mol. The number of carbonyl (C=O) groups is 2. The summed E-state index contributed by atoms with van der Waals surface area (Å²) in [5.74, 6) is 1.89. The zero-order chi connectivity index (χ0) is 23.8. The number of rotatable bonds is 10. The molecule has 3 rings (SSSR count). The van der Waals surface area contributed by atoms with Gasteiger partial charge < -0.3 is 29.6 Å². The summed E-state index contributed by atoms with van der Waals surface area (Å²) in [5.41, 5.74) is 1.08. The van der Waals surface area contributed by atoms with Crippen molar-refractivity contribution in [3.63, 3.8) is 0 Å². The molecule has 0 bridgehead atoms. The molecule has 0 unspecified atom stereocenters. The van der Waals surface area contributed by atoms with Crippen molar-refractivity contribution in [2.24, 2.45) is 0 Å². The van der Waals surface area contributed by atoms with E-state index in [0.29, 0.717) is 55.8 Å². The van der Waals surface area contributed by atoms with Gasteiger partial charge in [0.1, 0.15) is 13.2 Å². The molecule has 0 atom stereocenters. The van der Waals surface area contributed by atoms with Gasteiger partial charge in [-0.1, -0.05) is 19.9 Å². The second-order valence-electron chi connectivity index (χ2n) is 8.23. The summed E-state index contributed by atoms with van der Waals surface area (Å²) in [4.78, 5) is 24.9. The Morgan fingerprint density at radius 3 is 2.33 bits per heavy atom. The van der Waals surface area contributed by atoms with E-state index in [0.717, 1.165) is 11.3 Å². The van der Waals surface area contributed by atoms with Crippen LogP contribution in [0.1, 0.15) is 43.6 Å². The SMILES string of the molecule is CCOc1ccc(C(=O)NCC(=O)NCC(C)(C)c2ccc3c(c2)OCCO3)cc1OCC. The number of carbonyl (C=O) groups excluding carboxylic acids is 2. The maximum absolute atomic E-state index is 12.5. The molecular formula is C25H32N2O6. The third-order valence-electron chi connectivity index (χ3n) is 5.27. The van der Waals surface area contributed by atoms with Crippen LogP contribution in [0.2, 0.25) is 0 Å². The van der Waals surface area contributed by atoms with Crippen LogP contribution in [-0.4, -0.2) is 51.3 Å². The standard InChI is InChI=1S/C25H32N2O6/c1-5-30-19-9-7-17(13-21(19)31-6-2)24(29)26-15-23(28)27-16-25(3,4)18-8-10-20-22(14-18)33-12-11-32-20/h7-10,13-14H,5-6,11-12,15-16H2,1-4H3,(H,26,29)(H,27,28). The van der Waals surface area contributed by atoms with Gasteiger partial charge >= 0.3 is 0 Å². The normalized spacial score (nSPS) is 12.6. The van der Waals surface area contributed by atoms with E-state index >= 15 is 0 Å². The molecule has 0 saturated heterocycles. The van der Waals surface area contributed by atoms with Crippen LogP contribution < -0.4 is 29.6 Å². The zero-order valence-corrected chi connectivity index (χ0v) is 19.7. The molecule has 2 amide bonds. The number of hydrogen-bond acceptors (Lipinski definition) is 6. The van der Waals surface area contributed by atoms with Crippen LogP contribution in [-0.2, 0) is 10.2 Å². The molecule has 178 valence electrons. The van der Waals surface area contributed by atoms with Crippen molar-refractivity contribution in [2.75, 3.05) is 39.5 Å². The van der Waals surface area contributed by atoms with E-state index in [1.165, 1.54) is 0 Å². The second kappa shape index (κ2) is 10.9. The first kappa shape index (κ1) is 24.2. The summed E-state index contributed by atoms with van der Waals surface area (Å²) in [7, 11) is 0. The quantitative estimate of drug-likeness (QED) is 0.571. The third-order valence-corrected chi connectivity index (χ3v) is 5.27. The second-order valence-corrected chi connectivity index (χ2v) is 8.23. The van der Waals surface area contributed by atoms with Gasteiger partial charge in [0.05, 0.1) is 19.8 Å². The van der Waals surface area contributed by atoms with E-state index in [2.05, 4.69) is 10.6 Å². The van der Waals surface area contributed by atoms with Gasteiger partial charge in [-0.2, -0.15) is 0 Å². The number of ether oxygens (including phenoxy) is 4. The fourth-order valence-electron chi connectivity index (χ4n) is 3.40. The van der Waals surface area contributed by atoms with E-state index in [4.69, 9.17) is 18.9 Å². The minimum Gasteiger partial charge on any atom is -0.490 e. The van der Waals surface area contributed by atoms with Crippen molar-refractivity contribution in [3.05, 3.63) is 47.5 Å². The molecule has 0 radical (unpaired) electrons. The minimum absolute atomic E-state index is 0.132. The molecule has 2 aromatic rings. The Kier molecular flexibility index (Phi) is 8.03. The van der Waals surface area contributed by atoms with Crippen LogP contribution in [0.25, 0.3) is 0 Å². The van der Waals surface area contributed by atoms with E-state index in [-0.39, 0.29) is 23.8 Å². The van der Waals surface area contributed by atoms with Gasteiger partial charge in [-0.25, -0.2) is 0 Å². The lowest BCUT2D eigenvalue weighted by Gasteiger charge is -2.28. The Morgan fingerprint density at radius 1 is 0.909 bits per heavy atom. The van der Waals surface area contributed by atoms with Crippen LogP contribution in [0.4, 0.5) is 0 Å². The number of benzene rings is 2. The molecule has 0 aromatic heterocycles. The molecule has 0 aliphatic carbocycles. The average Bonchev–Trinajstić information content (AvgIpc) is 2.82. The predicted octanol–water partition coefficient (Wildman–Crippen LogP) is 3.08. The topological polar surface area (TPSA) is 95.1 Å². The molecule has 0 fully saturated rings. The Labute approximate surface area is 194 Å². The van der Waals surface area contributed by atoms with Gasteiger partial charge in [-0.05, 0) is 49.7 Å². The summed E-state index contributed by atoms with van der Waals surface area (Å²) >= 11 is 0. The first-order valence-corrected chi connectivity index (χ1v) is 11.2. The van der Waals surface area contributed by atoms with Crippen molar-refractivity contribution in [1.82, 2.24) is 10.6 Å². The molecule has 8 nitrogen and oxygen atoms in total. The largest absolute Gasteiger partial charge is 0.490 e. The van der Waals surface area contributed by atoms with Crippen molar-refractivity contribution >= 4 is 11.8 Å². The van der Waals surface area contributed by atoms with Gasteiger partial charge in [0, 0.05) is 17.5 Å². The first-order valence-electron chi connectivity index (χ1n) is 11.2. The summed E-state index contributed by atoms with van der Waals surface area (Å²) < 4.78 is 22.3. The number of hydrogen-bond donors (Lipinski definition) is 2. The fourth-order valence-corrected chi connectivity index (χ4v) is 3.40. The molecule has 1 aliphatic rings. The predicted molar refractivity (Wildman–Crippen MR) is 125 cm³/mol. The van der Waals surface area contributed by atoms with Gasteiger partial charge in [-0.15, -0.1) is 0 Å². The molecule has 33 heavy (non-hydrogen) atoms. The fraction of sp³-hybridized carbons (Fsp3) is 0.440. The third kappa shape index (κ3) is 6.31. The number of amides is 2. The van der Waals surface area contributed by atoms with Gasteiger partial charge in [0.25, 0.3) is 5.91 Å². The molecule has 1 aliphatic heterocycles. The van der Waals surface area contributed by atoms with Crippen LogP contribution in [0, 0.1) is 0 Å². The molecule has 2 aromatic carbocycles.